The molecule has 0 aliphatic rings. The summed E-state index contributed by atoms with van der Waals surface area (Å²) in [6, 6.07) is 0. The molecule has 0 aromatic rings. The molecule has 0 saturated heterocycles. The summed E-state index contributed by atoms with van der Waals surface area (Å²) in [5.74, 6) is 0. The molecule has 0 aromatic carbocycles. The zero-order valence-corrected chi connectivity index (χ0v) is 24.7. The van der Waals surface area contributed by atoms with E-state index < -0.39 is 0 Å². The third-order valence-corrected chi connectivity index (χ3v) is 6.72. The lowest BCUT2D eigenvalue weighted by atomic mass is 10.1. The highest BCUT2D eigenvalue weighted by atomic mass is 16.6. The third kappa shape index (κ3) is 25.3. The van der Waals surface area contributed by atoms with Gasteiger partial charge in [0.05, 0.1) is 6.61 Å². The first-order valence-corrected chi connectivity index (χ1v) is 15.6. The van der Waals surface area contributed by atoms with Crippen molar-refractivity contribution in [1.82, 2.24) is 5.32 Å². The maximum atomic E-state index is 9.99. The lowest BCUT2D eigenvalue weighted by molar-refractivity contribution is -0.114. The van der Waals surface area contributed by atoms with Crippen LogP contribution in [0.3, 0.4) is 0 Å². The number of aliphatic hydroxyl groups excluding tert-OH is 1. The number of ether oxygens (including phenoxy) is 2. The second-order valence-corrected chi connectivity index (χ2v) is 11.6. The number of nitrogens with one attached hydrogen (secondary N) is 1. The van der Waals surface area contributed by atoms with Crippen molar-refractivity contribution in [3.8, 4) is 0 Å². The average Bonchev–Trinajstić information content (AvgIpc) is 2.82. The molecule has 0 rings (SSSR count). The van der Waals surface area contributed by atoms with Gasteiger partial charge in [-0.25, -0.2) is 0 Å². The summed E-state index contributed by atoms with van der Waals surface area (Å²) in [5, 5.41) is 13.5. The first kappa shape index (κ1) is 34.8. The normalized spacial score (nSPS) is 13.9. The van der Waals surface area contributed by atoms with Crippen molar-refractivity contribution in [2.24, 2.45) is 0 Å². The topological polar surface area (TPSA) is 50.7 Å². The second-order valence-electron chi connectivity index (χ2n) is 11.6. The van der Waals surface area contributed by atoms with E-state index in [1.165, 1.54) is 116 Å². The van der Waals surface area contributed by atoms with E-state index >= 15 is 0 Å². The minimum atomic E-state index is -0.309. The van der Waals surface area contributed by atoms with Crippen LogP contribution in [0.25, 0.3) is 0 Å². The molecule has 0 saturated carbocycles. The van der Waals surface area contributed by atoms with Gasteiger partial charge in [-0.2, -0.15) is 0 Å². The van der Waals surface area contributed by atoms with Crippen molar-refractivity contribution in [3.63, 3.8) is 0 Å². The van der Waals surface area contributed by atoms with Crippen LogP contribution in [0.1, 0.15) is 163 Å². The van der Waals surface area contributed by atoms with Crippen LogP contribution in [0, 0.1) is 0 Å². The van der Waals surface area contributed by atoms with E-state index in [1.807, 2.05) is 0 Å². The highest BCUT2D eigenvalue weighted by Crippen LogP contribution is 2.14. The molecule has 2 unspecified atom stereocenters. The Labute approximate surface area is 220 Å². The number of hydrogen-bond acceptors (Lipinski definition) is 4. The first-order valence-electron chi connectivity index (χ1n) is 15.6. The first-order chi connectivity index (χ1) is 16.9. The summed E-state index contributed by atoms with van der Waals surface area (Å²) in [5.41, 5.74) is -0.0870. The molecule has 2 atom stereocenters. The van der Waals surface area contributed by atoms with E-state index in [9.17, 15) is 5.11 Å². The quantitative estimate of drug-likeness (QED) is 0.0874. The molecule has 4 nitrogen and oxygen atoms in total. The number of aliphatic hydroxyl groups is 1. The Hall–Kier alpha value is -0.160. The molecule has 0 bridgehead atoms. The van der Waals surface area contributed by atoms with Gasteiger partial charge < -0.3 is 14.6 Å². The predicted molar refractivity (Wildman–Crippen MR) is 153 cm³/mol. The molecule has 2 N–H and O–H groups in total. The Balaban J connectivity index is 3.99. The minimum Gasteiger partial charge on any atom is -0.394 e. The molecule has 0 aromatic heterocycles. The molecule has 0 radical (unpaired) electrons. The van der Waals surface area contributed by atoms with Gasteiger partial charge in [-0.05, 0) is 33.6 Å². The van der Waals surface area contributed by atoms with Gasteiger partial charge in [0, 0.05) is 18.8 Å². The zero-order chi connectivity index (χ0) is 26.0. The van der Waals surface area contributed by atoms with Crippen molar-refractivity contribution < 1.29 is 14.6 Å². The highest BCUT2D eigenvalue weighted by molar-refractivity contribution is 4.78. The third-order valence-electron chi connectivity index (χ3n) is 6.72. The van der Waals surface area contributed by atoms with Crippen LogP contribution in [-0.2, 0) is 9.47 Å². The molecule has 0 amide bonds. The van der Waals surface area contributed by atoms with Crippen molar-refractivity contribution in [1.29, 1.82) is 0 Å². The minimum absolute atomic E-state index is 0.0104. The predicted octanol–water partition coefficient (Wildman–Crippen LogP) is 8.94. The fourth-order valence-electron chi connectivity index (χ4n) is 4.53. The van der Waals surface area contributed by atoms with Gasteiger partial charge in [-0.15, -0.1) is 0 Å². The van der Waals surface area contributed by atoms with Gasteiger partial charge >= 0.3 is 0 Å². The summed E-state index contributed by atoms with van der Waals surface area (Å²) < 4.78 is 12.3. The van der Waals surface area contributed by atoms with Gasteiger partial charge in [0.25, 0.3) is 0 Å². The van der Waals surface area contributed by atoms with Crippen molar-refractivity contribution in [2.75, 3.05) is 19.8 Å². The monoisotopic (exact) mass is 499 g/mol. The summed E-state index contributed by atoms with van der Waals surface area (Å²) in [6.07, 6.45) is 25.8. The fraction of sp³-hybridized carbons (Fsp3) is 1.00. The number of rotatable bonds is 27. The van der Waals surface area contributed by atoms with E-state index in [0.717, 1.165) is 19.4 Å². The Morgan fingerprint density at radius 2 is 0.886 bits per heavy atom. The molecule has 4 heteroatoms. The molecular weight excluding hydrogens is 434 g/mol. The number of hydrogen-bond donors (Lipinski definition) is 2. The van der Waals surface area contributed by atoms with E-state index in [-0.39, 0.29) is 24.5 Å². The molecule has 0 heterocycles. The van der Waals surface area contributed by atoms with E-state index in [4.69, 9.17) is 9.47 Å². The lowest BCUT2D eigenvalue weighted by Crippen LogP contribution is -2.53. The fourth-order valence-corrected chi connectivity index (χ4v) is 4.53. The smallest absolute Gasteiger partial charge is 0.137 e. The summed E-state index contributed by atoms with van der Waals surface area (Å²) in [4.78, 5) is 0. The van der Waals surface area contributed by atoms with Crippen molar-refractivity contribution in [2.45, 2.75) is 181 Å². The van der Waals surface area contributed by atoms with Gasteiger partial charge in [-0.1, -0.05) is 129 Å². The Morgan fingerprint density at radius 3 is 1.23 bits per heavy atom. The Morgan fingerprint density at radius 1 is 0.543 bits per heavy atom. The largest absolute Gasteiger partial charge is 0.394 e. The van der Waals surface area contributed by atoms with Crippen LogP contribution in [-0.4, -0.2) is 42.8 Å². The van der Waals surface area contributed by atoms with Crippen molar-refractivity contribution in [3.05, 3.63) is 0 Å². The van der Waals surface area contributed by atoms with E-state index in [1.54, 1.807) is 0 Å². The zero-order valence-electron chi connectivity index (χ0n) is 24.7. The molecule has 35 heavy (non-hydrogen) atoms. The van der Waals surface area contributed by atoms with E-state index in [2.05, 4.69) is 39.9 Å². The Kier molecular flexibility index (Phi) is 25.4. The van der Waals surface area contributed by atoms with Crippen LogP contribution in [0.15, 0.2) is 0 Å². The van der Waals surface area contributed by atoms with Gasteiger partial charge in [0.15, 0.2) is 0 Å². The summed E-state index contributed by atoms with van der Waals surface area (Å²) in [6.45, 7) is 12.4. The second kappa shape index (κ2) is 25.5. The molecule has 0 spiro atoms. The lowest BCUT2D eigenvalue weighted by Gasteiger charge is -2.33. The molecule has 0 aliphatic heterocycles. The maximum Gasteiger partial charge on any atom is 0.137 e. The summed E-state index contributed by atoms with van der Waals surface area (Å²) in [7, 11) is 0. The SMILES string of the molecule is CCCCCCCCCCCCOC(CO)C(NC(C)(C)C)OCCCCCCCCCCCC. The average molecular weight is 500 g/mol. The summed E-state index contributed by atoms with van der Waals surface area (Å²) >= 11 is 0. The van der Waals surface area contributed by atoms with E-state index in [0.29, 0.717) is 6.61 Å². The molecule has 0 aliphatic carbocycles. The van der Waals surface area contributed by atoms with Crippen LogP contribution in [0.5, 0.6) is 0 Å². The van der Waals surface area contributed by atoms with Gasteiger partial charge in [0.2, 0.25) is 0 Å². The molecule has 0 fully saturated rings. The number of unbranched alkanes of at least 4 members (excludes halogenated alkanes) is 18. The molecule has 212 valence electrons. The standard InChI is InChI=1S/C31H65NO3/c1-6-8-10-12-14-16-18-20-22-24-26-34-29(28-33)30(32-31(3,4)5)35-27-25-23-21-19-17-15-13-11-9-7-2/h29-30,32-33H,6-28H2,1-5H3. The van der Waals surface area contributed by atoms with Crippen LogP contribution < -0.4 is 5.32 Å². The van der Waals surface area contributed by atoms with Gasteiger partial charge in [-0.3, -0.25) is 5.32 Å². The van der Waals surface area contributed by atoms with Crippen LogP contribution in [0.2, 0.25) is 0 Å². The maximum absolute atomic E-state index is 9.99. The van der Waals surface area contributed by atoms with Crippen LogP contribution >= 0.6 is 0 Å². The van der Waals surface area contributed by atoms with Crippen LogP contribution in [0.4, 0.5) is 0 Å². The molecular formula is C31H65NO3. The van der Waals surface area contributed by atoms with Gasteiger partial charge in [0.1, 0.15) is 12.3 Å². The Bertz CT molecular complexity index is 411. The van der Waals surface area contributed by atoms with Crippen molar-refractivity contribution >= 4 is 0 Å². The highest BCUT2D eigenvalue weighted by Gasteiger charge is 2.26.